The van der Waals surface area contributed by atoms with Gasteiger partial charge in [0.1, 0.15) is 6.33 Å². The lowest BCUT2D eigenvalue weighted by atomic mass is 9.91. The summed E-state index contributed by atoms with van der Waals surface area (Å²) < 4.78 is 0. The van der Waals surface area contributed by atoms with Crippen molar-refractivity contribution >= 4 is 5.69 Å². The van der Waals surface area contributed by atoms with Gasteiger partial charge >= 0.3 is 0 Å². The van der Waals surface area contributed by atoms with Crippen molar-refractivity contribution in [1.29, 1.82) is 0 Å². The van der Waals surface area contributed by atoms with Crippen molar-refractivity contribution in [1.82, 2.24) is 9.97 Å². The Hall–Kier alpha value is -1.16. The average molecular weight is 194 g/mol. The van der Waals surface area contributed by atoms with Gasteiger partial charge in [0.25, 0.3) is 0 Å². The summed E-state index contributed by atoms with van der Waals surface area (Å²) in [4.78, 5) is 8.29. The second-order valence-electron chi connectivity index (χ2n) is 4.25. The van der Waals surface area contributed by atoms with Crippen LogP contribution in [0.2, 0.25) is 0 Å². The van der Waals surface area contributed by atoms with Crippen LogP contribution >= 0.6 is 0 Å². The Kier molecular flexibility index (Phi) is 3.41. The third-order valence-electron chi connectivity index (χ3n) is 1.88. The lowest BCUT2D eigenvalue weighted by Gasteiger charge is -2.21. The fraction of sp³-hybridized carbons (Fsp3) is 0.600. The van der Waals surface area contributed by atoms with Gasteiger partial charge in [0.2, 0.25) is 0 Å². The van der Waals surface area contributed by atoms with Gasteiger partial charge in [-0.2, -0.15) is 0 Å². The molecule has 0 bridgehead atoms. The molecule has 0 amide bonds. The number of nitrogens with two attached hydrogens (primary N) is 1. The number of hydrogen-bond acceptors (Lipinski definition) is 4. The van der Waals surface area contributed by atoms with Crippen molar-refractivity contribution in [3.63, 3.8) is 0 Å². The van der Waals surface area contributed by atoms with E-state index in [1.807, 2.05) is 0 Å². The summed E-state index contributed by atoms with van der Waals surface area (Å²) in [6.45, 7) is 7.74. The third-order valence-corrected chi connectivity index (χ3v) is 1.88. The van der Waals surface area contributed by atoms with Gasteiger partial charge in [-0.3, -0.25) is 0 Å². The standard InChI is InChI=1S/C10H18N4/c1-10(2,3)9-8(13-5-4-11)6-12-7-14-9/h6-7,13H,4-5,11H2,1-3H3. The Labute approximate surface area is 85.0 Å². The molecule has 0 atom stereocenters. The molecule has 3 N–H and O–H groups in total. The van der Waals surface area contributed by atoms with E-state index < -0.39 is 0 Å². The van der Waals surface area contributed by atoms with E-state index in [1.165, 1.54) is 0 Å². The first-order chi connectivity index (χ1) is 6.55. The molecule has 1 rings (SSSR count). The summed E-state index contributed by atoms with van der Waals surface area (Å²) in [5.74, 6) is 0. The van der Waals surface area contributed by atoms with E-state index in [2.05, 4.69) is 36.1 Å². The van der Waals surface area contributed by atoms with Crippen molar-refractivity contribution in [3.8, 4) is 0 Å². The van der Waals surface area contributed by atoms with Gasteiger partial charge in [-0.05, 0) is 0 Å². The van der Waals surface area contributed by atoms with E-state index in [4.69, 9.17) is 5.73 Å². The molecular weight excluding hydrogens is 176 g/mol. The van der Waals surface area contributed by atoms with Crippen molar-refractivity contribution in [3.05, 3.63) is 18.2 Å². The highest BCUT2D eigenvalue weighted by molar-refractivity contribution is 5.48. The first-order valence-corrected chi connectivity index (χ1v) is 4.80. The highest BCUT2D eigenvalue weighted by Crippen LogP contribution is 2.25. The number of rotatable bonds is 3. The van der Waals surface area contributed by atoms with Crippen LogP contribution in [0, 0.1) is 0 Å². The normalized spacial score (nSPS) is 11.4. The largest absolute Gasteiger partial charge is 0.381 e. The van der Waals surface area contributed by atoms with Crippen LogP contribution in [0.1, 0.15) is 26.5 Å². The monoisotopic (exact) mass is 194 g/mol. The first-order valence-electron chi connectivity index (χ1n) is 4.80. The smallest absolute Gasteiger partial charge is 0.115 e. The van der Waals surface area contributed by atoms with Gasteiger partial charge < -0.3 is 11.1 Å². The van der Waals surface area contributed by atoms with Gasteiger partial charge in [-0.1, -0.05) is 20.8 Å². The summed E-state index contributed by atoms with van der Waals surface area (Å²) in [7, 11) is 0. The predicted molar refractivity (Wildman–Crippen MR) is 58.3 cm³/mol. The maximum absolute atomic E-state index is 5.43. The van der Waals surface area contributed by atoms with Crippen molar-refractivity contribution < 1.29 is 0 Å². The van der Waals surface area contributed by atoms with Gasteiger partial charge in [0.15, 0.2) is 0 Å². The molecule has 0 aliphatic rings. The zero-order valence-corrected chi connectivity index (χ0v) is 9.04. The van der Waals surface area contributed by atoms with Gasteiger partial charge in [-0.15, -0.1) is 0 Å². The fourth-order valence-corrected chi connectivity index (χ4v) is 1.26. The molecular formula is C10H18N4. The molecule has 0 aromatic carbocycles. The second kappa shape index (κ2) is 4.37. The Morgan fingerprint density at radius 1 is 1.43 bits per heavy atom. The molecule has 4 nitrogen and oxygen atoms in total. The lowest BCUT2D eigenvalue weighted by Crippen LogP contribution is -2.20. The number of aromatic nitrogens is 2. The third kappa shape index (κ3) is 2.67. The fourth-order valence-electron chi connectivity index (χ4n) is 1.26. The van der Waals surface area contributed by atoms with Crippen LogP contribution in [0.5, 0.6) is 0 Å². The lowest BCUT2D eigenvalue weighted by molar-refractivity contribution is 0.568. The Morgan fingerprint density at radius 2 is 2.14 bits per heavy atom. The van der Waals surface area contributed by atoms with Crippen molar-refractivity contribution in [2.75, 3.05) is 18.4 Å². The minimum Gasteiger partial charge on any atom is -0.381 e. The minimum absolute atomic E-state index is 0.0277. The molecule has 0 aliphatic carbocycles. The molecule has 0 spiro atoms. The van der Waals surface area contributed by atoms with E-state index in [9.17, 15) is 0 Å². The zero-order chi connectivity index (χ0) is 10.6. The van der Waals surface area contributed by atoms with Gasteiger partial charge in [0, 0.05) is 18.5 Å². The highest BCUT2D eigenvalue weighted by atomic mass is 15.0. The minimum atomic E-state index is 0.0277. The maximum Gasteiger partial charge on any atom is 0.115 e. The van der Waals surface area contributed by atoms with Crippen LogP contribution in [0.3, 0.4) is 0 Å². The number of hydrogen-bond donors (Lipinski definition) is 2. The molecule has 0 unspecified atom stereocenters. The average Bonchev–Trinajstić information content (AvgIpc) is 2.14. The van der Waals surface area contributed by atoms with Crippen molar-refractivity contribution in [2.45, 2.75) is 26.2 Å². The van der Waals surface area contributed by atoms with Crippen LogP contribution in [0.25, 0.3) is 0 Å². The summed E-state index contributed by atoms with van der Waals surface area (Å²) in [6.07, 6.45) is 3.37. The summed E-state index contributed by atoms with van der Waals surface area (Å²) in [5.41, 5.74) is 7.47. The predicted octanol–water partition coefficient (Wildman–Crippen LogP) is 1.14. The topological polar surface area (TPSA) is 63.8 Å². The van der Waals surface area contributed by atoms with Gasteiger partial charge in [-0.25, -0.2) is 9.97 Å². The quantitative estimate of drug-likeness (QED) is 0.757. The number of anilines is 1. The molecule has 0 radical (unpaired) electrons. The van der Waals surface area contributed by atoms with E-state index in [0.29, 0.717) is 6.54 Å². The molecule has 78 valence electrons. The molecule has 0 saturated heterocycles. The Morgan fingerprint density at radius 3 is 2.71 bits per heavy atom. The van der Waals surface area contributed by atoms with E-state index >= 15 is 0 Å². The summed E-state index contributed by atoms with van der Waals surface area (Å²) in [6, 6.07) is 0. The van der Waals surface area contributed by atoms with Crippen LogP contribution in [-0.2, 0) is 5.41 Å². The molecule has 4 heteroatoms. The first kappa shape index (κ1) is 10.9. The Bertz CT molecular complexity index is 290. The molecule has 1 aromatic heterocycles. The number of nitrogens with zero attached hydrogens (tertiary/aromatic N) is 2. The second-order valence-corrected chi connectivity index (χ2v) is 4.25. The van der Waals surface area contributed by atoms with Crippen LogP contribution in [0.4, 0.5) is 5.69 Å². The van der Waals surface area contributed by atoms with Gasteiger partial charge in [0.05, 0.1) is 17.6 Å². The molecule has 1 heterocycles. The van der Waals surface area contributed by atoms with Crippen LogP contribution in [0.15, 0.2) is 12.5 Å². The molecule has 0 saturated carbocycles. The molecule has 1 aromatic rings. The van der Waals surface area contributed by atoms with Crippen LogP contribution < -0.4 is 11.1 Å². The zero-order valence-electron chi connectivity index (χ0n) is 9.04. The van der Waals surface area contributed by atoms with E-state index in [0.717, 1.165) is 17.9 Å². The van der Waals surface area contributed by atoms with Crippen molar-refractivity contribution in [2.24, 2.45) is 5.73 Å². The van der Waals surface area contributed by atoms with Crippen LogP contribution in [-0.4, -0.2) is 23.1 Å². The maximum atomic E-state index is 5.43. The molecule has 14 heavy (non-hydrogen) atoms. The number of nitrogens with one attached hydrogen (secondary N) is 1. The molecule has 0 aliphatic heterocycles. The SMILES string of the molecule is CC(C)(C)c1ncncc1NCCN. The van der Waals surface area contributed by atoms with E-state index in [1.54, 1.807) is 12.5 Å². The summed E-state index contributed by atoms with van der Waals surface area (Å²) in [5, 5.41) is 3.22. The summed E-state index contributed by atoms with van der Waals surface area (Å²) >= 11 is 0. The Balaban J connectivity index is 2.92. The van der Waals surface area contributed by atoms with E-state index in [-0.39, 0.29) is 5.41 Å². The highest BCUT2D eigenvalue weighted by Gasteiger charge is 2.19. The molecule has 0 fully saturated rings.